The summed E-state index contributed by atoms with van der Waals surface area (Å²) in [6.07, 6.45) is 2.46. The van der Waals surface area contributed by atoms with E-state index in [2.05, 4.69) is 20.4 Å². The molecule has 1 aliphatic rings. The van der Waals surface area contributed by atoms with E-state index >= 15 is 0 Å². The Morgan fingerprint density at radius 2 is 2.20 bits per heavy atom. The number of benzene rings is 1. The van der Waals surface area contributed by atoms with E-state index in [0.717, 1.165) is 23.8 Å². The molecular formula is C17H24FIN6. The molecule has 8 heteroatoms. The van der Waals surface area contributed by atoms with Gasteiger partial charge in [-0.05, 0) is 25.0 Å². The van der Waals surface area contributed by atoms with Crippen LogP contribution in [0.3, 0.4) is 0 Å². The van der Waals surface area contributed by atoms with Gasteiger partial charge in [-0.15, -0.1) is 24.0 Å². The maximum atomic E-state index is 13.9. The van der Waals surface area contributed by atoms with Crippen LogP contribution in [0.2, 0.25) is 0 Å². The molecule has 1 aromatic carbocycles. The molecule has 0 saturated heterocycles. The first-order valence-corrected chi connectivity index (χ1v) is 8.19. The van der Waals surface area contributed by atoms with Gasteiger partial charge in [0.25, 0.3) is 0 Å². The average molecular weight is 458 g/mol. The number of rotatable bonds is 5. The van der Waals surface area contributed by atoms with E-state index in [4.69, 9.17) is 0 Å². The highest BCUT2D eigenvalue weighted by Crippen LogP contribution is 2.41. The lowest BCUT2D eigenvalue weighted by molar-refractivity contribution is 0.446. The molecule has 1 heterocycles. The molecule has 6 nitrogen and oxygen atoms in total. The number of aryl methyl sites for hydroxylation is 1. The van der Waals surface area contributed by atoms with Crippen molar-refractivity contribution < 1.29 is 4.39 Å². The van der Waals surface area contributed by atoms with Gasteiger partial charge < -0.3 is 10.2 Å². The fraction of sp³-hybridized carbons (Fsp3) is 0.471. The van der Waals surface area contributed by atoms with Crippen LogP contribution < -0.4 is 5.32 Å². The molecule has 1 aromatic heterocycles. The van der Waals surface area contributed by atoms with Gasteiger partial charge in [0.15, 0.2) is 5.96 Å². The number of guanidine groups is 1. The van der Waals surface area contributed by atoms with Crippen molar-refractivity contribution in [1.29, 1.82) is 0 Å². The second-order valence-corrected chi connectivity index (χ2v) is 6.07. The van der Waals surface area contributed by atoms with Crippen LogP contribution in [0.1, 0.15) is 30.7 Å². The van der Waals surface area contributed by atoms with Gasteiger partial charge in [0.1, 0.15) is 18.0 Å². The number of aliphatic imine (C=N–C) groups is 1. The third-order valence-corrected chi connectivity index (χ3v) is 4.26. The normalized spacial score (nSPS) is 19.3. The lowest BCUT2D eigenvalue weighted by atomic mass is 10.1. The zero-order valence-corrected chi connectivity index (χ0v) is 17.0. The molecule has 3 rings (SSSR count). The van der Waals surface area contributed by atoms with Crippen LogP contribution in [0.4, 0.5) is 4.39 Å². The number of halogens is 2. The number of nitrogens with one attached hydrogen (secondary N) is 1. The molecule has 136 valence electrons. The van der Waals surface area contributed by atoms with Gasteiger partial charge in [-0.1, -0.05) is 18.2 Å². The molecule has 1 aliphatic carbocycles. The molecule has 2 aromatic rings. The van der Waals surface area contributed by atoms with E-state index in [1.54, 1.807) is 17.1 Å². The second kappa shape index (κ2) is 8.59. The molecule has 0 radical (unpaired) electrons. The fourth-order valence-electron chi connectivity index (χ4n) is 2.82. The lowest BCUT2D eigenvalue weighted by Crippen LogP contribution is -2.40. The van der Waals surface area contributed by atoms with Gasteiger partial charge in [0, 0.05) is 32.6 Å². The van der Waals surface area contributed by atoms with Gasteiger partial charge in [0.2, 0.25) is 0 Å². The van der Waals surface area contributed by atoms with Crippen LogP contribution in [-0.2, 0) is 13.6 Å². The zero-order chi connectivity index (χ0) is 17.1. The topological polar surface area (TPSA) is 58.3 Å². The number of hydrogen-bond acceptors (Lipinski definition) is 3. The third kappa shape index (κ3) is 4.68. The molecule has 2 unspecified atom stereocenters. The first-order valence-electron chi connectivity index (χ1n) is 8.19. The number of aromatic nitrogens is 3. The summed E-state index contributed by atoms with van der Waals surface area (Å²) in [4.78, 5) is 10.8. The number of hydrogen-bond donors (Lipinski definition) is 1. The molecule has 2 atom stereocenters. The van der Waals surface area contributed by atoms with E-state index in [-0.39, 0.29) is 41.8 Å². The Balaban J connectivity index is 0.00000225. The highest BCUT2D eigenvalue weighted by Gasteiger charge is 2.40. The molecule has 1 saturated carbocycles. The van der Waals surface area contributed by atoms with E-state index < -0.39 is 0 Å². The Bertz CT molecular complexity index is 731. The smallest absolute Gasteiger partial charge is 0.194 e. The molecule has 0 amide bonds. The summed E-state index contributed by atoms with van der Waals surface area (Å²) in [5.41, 5.74) is 0.779. The Morgan fingerprint density at radius 1 is 1.44 bits per heavy atom. The summed E-state index contributed by atoms with van der Waals surface area (Å²) in [5, 5.41) is 7.54. The Hall–Kier alpha value is -1.71. The maximum Gasteiger partial charge on any atom is 0.194 e. The minimum Gasteiger partial charge on any atom is -0.353 e. The fourth-order valence-corrected chi connectivity index (χ4v) is 2.82. The first-order chi connectivity index (χ1) is 11.6. The maximum absolute atomic E-state index is 13.9. The molecular weight excluding hydrogens is 434 g/mol. The highest BCUT2D eigenvalue weighted by atomic mass is 127. The minimum atomic E-state index is -0.131. The largest absolute Gasteiger partial charge is 0.353 e. The Kier molecular flexibility index (Phi) is 6.74. The molecule has 0 bridgehead atoms. The van der Waals surface area contributed by atoms with Crippen LogP contribution in [0.25, 0.3) is 0 Å². The first kappa shape index (κ1) is 19.6. The van der Waals surface area contributed by atoms with Crippen LogP contribution >= 0.6 is 24.0 Å². The molecule has 1 N–H and O–H groups in total. The van der Waals surface area contributed by atoms with Gasteiger partial charge >= 0.3 is 0 Å². The predicted molar refractivity (Wildman–Crippen MR) is 107 cm³/mol. The zero-order valence-electron chi connectivity index (χ0n) is 14.7. The van der Waals surface area contributed by atoms with Crippen LogP contribution in [0, 0.1) is 5.82 Å². The van der Waals surface area contributed by atoms with Crippen molar-refractivity contribution in [3.63, 3.8) is 0 Å². The molecule has 25 heavy (non-hydrogen) atoms. The van der Waals surface area contributed by atoms with Gasteiger partial charge in [-0.3, -0.25) is 9.67 Å². The molecule has 0 aliphatic heterocycles. The predicted octanol–water partition coefficient (Wildman–Crippen LogP) is 2.53. The van der Waals surface area contributed by atoms with Crippen molar-refractivity contribution in [3.8, 4) is 0 Å². The van der Waals surface area contributed by atoms with Crippen molar-refractivity contribution in [2.75, 3.05) is 13.6 Å². The summed E-state index contributed by atoms with van der Waals surface area (Å²) < 4.78 is 15.7. The Morgan fingerprint density at radius 3 is 2.84 bits per heavy atom. The SMILES string of the molecule is CCN=C(NC1CC1c1ccccc1F)N(C)Cc1ncnn1C.I. The van der Waals surface area contributed by atoms with Crippen molar-refractivity contribution >= 4 is 29.9 Å². The molecule has 0 spiro atoms. The molecule has 1 fully saturated rings. The highest BCUT2D eigenvalue weighted by molar-refractivity contribution is 14.0. The summed E-state index contributed by atoms with van der Waals surface area (Å²) in [6.45, 7) is 3.29. The summed E-state index contributed by atoms with van der Waals surface area (Å²) in [7, 11) is 3.84. The van der Waals surface area contributed by atoms with Crippen molar-refractivity contribution in [3.05, 3.63) is 47.8 Å². The van der Waals surface area contributed by atoms with Crippen LogP contribution in [0.5, 0.6) is 0 Å². The van der Waals surface area contributed by atoms with E-state index in [9.17, 15) is 4.39 Å². The van der Waals surface area contributed by atoms with Crippen molar-refractivity contribution in [2.24, 2.45) is 12.0 Å². The lowest BCUT2D eigenvalue weighted by Gasteiger charge is -2.22. The standard InChI is InChI=1S/C17H23FN6.HI/c1-4-19-17(23(2)10-16-20-11-21-24(16)3)22-15-9-13(15)12-7-5-6-8-14(12)18;/h5-8,11,13,15H,4,9-10H2,1-3H3,(H,19,22);1H. The Labute approximate surface area is 164 Å². The average Bonchev–Trinajstić information content (AvgIpc) is 3.21. The summed E-state index contributed by atoms with van der Waals surface area (Å²) >= 11 is 0. The van der Waals surface area contributed by atoms with Crippen molar-refractivity contribution in [1.82, 2.24) is 25.0 Å². The van der Waals surface area contributed by atoms with Crippen molar-refractivity contribution in [2.45, 2.75) is 31.8 Å². The van der Waals surface area contributed by atoms with Gasteiger partial charge in [-0.25, -0.2) is 9.37 Å². The van der Waals surface area contributed by atoms with E-state index in [0.29, 0.717) is 13.1 Å². The quantitative estimate of drug-likeness (QED) is 0.425. The number of nitrogens with zero attached hydrogens (tertiary/aromatic N) is 5. The van der Waals surface area contributed by atoms with Gasteiger partial charge in [0.05, 0.1) is 6.54 Å². The third-order valence-electron chi connectivity index (χ3n) is 4.26. The van der Waals surface area contributed by atoms with Crippen LogP contribution in [-0.4, -0.2) is 45.3 Å². The van der Waals surface area contributed by atoms with Gasteiger partial charge in [-0.2, -0.15) is 5.10 Å². The monoisotopic (exact) mass is 458 g/mol. The minimum absolute atomic E-state index is 0. The summed E-state index contributed by atoms with van der Waals surface area (Å²) in [5.74, 6) is 1.75. The van der Waals surface area contributed by atoms with E-state index in [1.807, 2.05) is 38.1 Å². The van der Waals surface area contributed by atoms with E-state index in [1.165, 1.54) is 6.07 Å². The summed E-state index contributed by atoms with van der Waals surface area (Å²) in [6, 6.07) is 7.21. The second-order valence-electron chi connectivity index (χ2n) is 6.07. The van der Waals surface area contributed by atoms with Crippen LogP contribution in [0.15, 0.2) is 35.6 Å².